The number of nitrogens with zero attached hydrogens (tertiary/aromatic N) is 1. The average Bonchev–Trinajstić information content (AvgIpc) is 3.30. The molecule has 2 aromatic carbocycles. The number of nitrogens with one attached hydrogen (secondary N) is 1. The van der Waals surface area contributed by atoms with Crippen molar-refractivity contribution in [2.45, 2.75) is 13.0 Å². The molecule has 0 fully saturated rings. The number of likely N-dealkylation sites (N-methyl/N-ethyl adjacent to an activating group) is 1. The highest BCUT2D eigenvalue weighted by atomic mass is 16.6. The van der Waals surface area contributed by atoms with Crippen LogP contribution in [0.25, 0.3) is 0 Å². The van der Waals surface area contributed by atoms with Crippen LogP contribution in [0.4, 0.5) is 5.69 Å². The number of benzene rings is 2. The molecule has 0 saturated heterocycles. The minimum Gasteiger partial charge on any atom is -0.486 e. The van der Waals surface area contributed by atoms with Crippen molar-refractivity contribution in [3.05, 3.63) is 77.7 Å². The lowest BCUT2D eigenvalue weighted by Gasteiger charge is -2.29. The largest absolute Gasteiger partial charge is 0.486 e. The zero-order valence-corrected chi connectivity index (χ0v) is 16.8. The molecular formula is C23H22N2O5. The van der Waals surface area contributed by atoms with E-state index in [4.69, 9.17) is 13.9 Å². The second-order valence-electron chi connectivity index (χ2n) is 7.14. The zero-order chi connectivity index (χ0) is 21.1. The van der Waals surface area contributed by atoms with E-state index in [2.05, 4.69) is 5.32 Å². The Hall–Kier alpha value is -3.74. The Morgan fingerprint density at radius 2 is 1.90 bits per heavy atom. The number of hydrogen-bond donors (Lipinski definition) is 1. The van der Waals surface area contributed by atoms with Gasteiger partial charge < -0.3 is 24.1 Å². The molecule has 1 atom stereocenters. The third-order valence-corrected chi connectivity index (χ3v) is 4.87. The first-order valence-corrected chi connectivity index (χ1v) is 9.60. The topological polar surface area (TPSA) is 81.0 Å². The second kappa shape index (κ2) is 8.32. The highest BCUT2D eigenvalue weighted by molar-refractivity contribution is 6.03. The summed E-state index contributed by atoms with van der Waals surface area (Å²) in [6.45, 7) is 2.60. The number of para-hydroxylation sites is 2. The lowest BCUT2D eigenvalue weighted by Crippen LogP contribution is -2.41. The summed E-state index contributed by atoms with van der Waals surface area (Å²) >= 11 is 0. The maximum absolute atomic E-state index is 12.9. The maximum atomic E-state index is 12.9. The molecule has 7 nitrogen and oxygen atoms in total. The normalized spacial score (nSPS) is 14.8. The van der Waals surface area contributed by atoms with E-state index in [1.807, 2.05) is 31.2 Å². The smallest absolute Gasteiger partial charge is 0.291 e. The quantitative estimate of drug-likeness (QED) is 0.698. The molecule has 0 unspecified atom stereocenters. The molecule has 1 aliphatic rings. The second-order valence-corrected chi connectivity index (χ2v) is 7.14. The van der Waals surface area contributed by atoms with E-state index in [1.54, 1.807) is 42.3 Å². The summed E-state index contributed by atoms with van der Waals surface area (Å²) in [5.41, 5.74) is 1.87. The van der Waals surface area contributed by atoms with Crippen molar-refractivity contribution in [2.75, 3.05) is 25.5 Å². The van der Waals surface area contributed by atoms with Gasteiger partial charge in [0.15, 0.2) is 23.4 Å². The van der Waals surface area contributed by atoms with E-state index in [0.29, 0.717) is 35.9 Å². The van der Waals surface area contributed by atoms with Crippen molar-refractivity contribution in [2.24, 2.45) is 0 Å². The Balaban J connectivity index is 1.43. The van der Waals surface area contributed by atoms with Crippen LogP contribution in [-0.2, 0) is 0 Å². The summed E-state index contributed by atoms with van der Waals surface area (Å²) in [5.74, 6) is 1.04. The first-order chi connectivity index (χ1) is 14.5. The van der Waals surface area contributed by atoms with E-state index in [1.165, 1.54) is 6.26 Å². The molecule has 0 spiro atoms. The van der Waals surface area contributed by atoms with E-state index in [9.17, 15) is 9.59 Å². The number of rotatable bonds is 5. The minimum absolute atomic E-state index is 0.175. The predicted molar refractivity (Wildman–Crippen MR) is 111 cm³/mol. The molecule has 0 saturated carbocycles. The first kappa shape index (κ1) is 19.6. The van der Waals surface area contributed by atoms with Gasteiger partial charge in [0.1, 0.15) is 6.61 Å². The number of aryl methyl sites for hydroxylation is 1. The lowest BCUT2D eigenvalue weighted by atomic mass is 10.1. The summed E-state index contributed by atoms with van der Waals surface area (Å²) in [7, 11) is 1.72. The number of fused-ring (bicyclic) bond motifs is 1. The molecule has 4 rings (SSSR count). The van der Waals surface area contributed by atoms with E-state index in [0.717, 1.165) is 5.56 Å². The summed E-state index contributed by atoms with van der Waals surface area (Å²) in [5, 5.41) is 2.79. The molecule has 0 radical (unpaired) electrons. The van der Waals surface area contributed by atoms with Crippen LogP contribution in [0.3, 0.4) is 0 Å². The molecule has 2 heterocycles. The molecule has 1 N–H and O–H groups in total. The van der Waals surface area contributed by atoms with Crippen molar-refractivity contribution < 1.29 is 23.5 Å². The van der Waals surface area contributed by atoms with Gasteiger partial charge in [-0.05, 0) is 48.9 Å². The van der Waals surface area contributed by atoms with Crippen molar-refractivity contribution >= 4 is 17.5 Å². The number of furan rings is 1. The SMILES string of the molecule is Cc1ccc(C(=O)N(C)C[C@@H]2COc3ccccc3O2)cc1NC(=O)c1ccco1. The van der Waals surface area contributed by atoms with Crippen LogP contribution in [-0.4, -0.2) is 43.0 Å². The van der Waals surface area contributed by atoms with Crippen LogP contribution in [0.15, 0.2) is 65.3 Å². The standard InChI is InChI=1S/C23H22N2O5/c1-15-9-10-16(12-18(15)24-22(26)21-8-5-11-28-21)23(27)25(2)13-17-14-29-19-6-3-4-7-20(19)30-17/h3-12,17H,13-14H2,1-2H3,(H,24,26)/t17-/m1/s1. The van der Waals surface area contributed by atoms with Gasteiger partial charge in [0.2, 0.25) is 0 Å². The lowest BCUT2D eigenvalue weighted by molar-refractivity contribution is 0.0521. The van der Waals surface area contributed by atoms with Gasteiger partial charge >= 0.3 is 0 Å². The Kier molecular flexibility index (Phi) is 5.43. The summed E-state index contributed by atoms with van der Waals surface area (Å²) < 4.78 is 16.8. The Morgan fingerprint density at radius 3 is 2.67 bits per heavy atom. The van der Waals surface area contributed by atoms with Crippen molar-refractivity contribution in [3.63, 3.8) is 0 Å². The zero-order valence-electron chi connectivity index (χ0n) is 16.8. The van der Waals surface area contributed by atoms with Gasteiger partial charge in [-0.3, -0.25) is 9.59 Å². The van der Waals surface area contributed by atoms with Crippen molar-refractivity contribution in [1.29, 1.82) is 0 Å². The Morgan fingerprint density at radius 1 is 1.10 bits per heavy atom. The minimum atomic E-state index is -0.368. The van der Waals surface area contributed by atoms with Gasteiger partial charge in [-0.15, -0.1) is 0 Å². The van der Waals surface area contributed by atoms with Gasteiger partial charge in [0.05, 0.1) is 12.8 Å². The first-order valence-electron chi connectivity index (χ1n) is 9.60. The molecule has 3 aromatic rings. The third-order valence-electron chi connectivity index (χ3n) is 4.87. The fraction of sp³-hybridized carbons (Fsp3) is 0.217. The van der Waals surface area contributed by atoms with Crippen LogP contribution in [0, 0.1) is 6.92 Å². The van der Waals surface area contributed by atoms with Gasteiger partial charge in [-0.2, -0.15) is 0 Å². The van der Waals surface area contributed by atoms with Gasteiger partial charge in [-0.1, -0.05) is 18.2 Å². The maximum Gasteiger partial charge on any atom is 0.291 e. The average molecular weight is 406 g/mol. The monoisotopic (exact) mass is 406 g/mol. The molecule has 1 aliphatic heterocycles. The van der Waals surface area contributed by atoms with Gasteiger partial charge in [0, 0.05) is 18.3 Å². The number of hydrogen-bond acceptors (Lipinski definition) is 5. The molecule has 1 aromatic heterocycles. The van der Waals surface area contributed by atoms with Gasteiger partial charge in [0.25, 0.3) is 11.8 Å². The Labute approximate surface area is 174 Å². The molecule has 7 heteroatoms. The predicted octanol–water partition coefficient (Wildman–Crippen LogP) is 3.75. The fourth-order valence-electron chi connectivity index (χ4n) is 3.24. The molecule has 154 valence electrons. The molecular weight excluding hydrogens is 384 g/mol. The molecule has 2 amide bonds. The van der Waals surface area contributed by atoms with Crippen molar-refractivity contribution in [3.8, 4) is 11.5 Å². The third kappa shape index (κ3) is 4.15. The molecule has 0 bridgehead atoms. The highest BCUT2D eigenvalue weighted by Gasteiger charge is 2.24. The van der Waals surface area contributed by atoms with Crippen LogP contribution >= 0.6 is 0 Å². The Bertz CT molecular complexity index is 1060. The number of carbonyl (C=O) groups excluding carboxylic acids is 2. The highest BCUT2D eigenvalue weighted by Crippen LogP contribution is 2.31. The number of carbonyl (C=O) groups is 2. The van der Waals surface area contributed by atoms with E-state index in [-0.39, 0.29) is 23.7 Å². The van der Waals surface area contributed by atoms with Crippen LogP contribution in [0.2, 0.25) is 0 Å². The number of anilines is 1. The van der Waals surface area contributed by atoms with Gasteiger partial charge in [-0.25, -0.2) is 0 Å². The van der Waals surface area contributed by atoms with Crippen LogP contribution < -0.4 is 14.8 Å². The van der Waals surface area contributed by atoms with E-state index >= 15 is 0 Å². The fourth-order valence-corrected chi connectivity index (χ4v) is 3.24. The van der Waals surface area contributed by atoms with Crippen LogP contribution in [0.1, 0.15) is 26.5 Å². The van der Waals surface area contributed by atoms with E-state index < -0.39 is 0 Å². The molecule has 0 aliphatic carbocycles. The number of ether oxygens (including phenoxy) is 2. The van der Waals surface area contributed by atoms with Crippen LogP contribution in [0.5, 0.6) is 11.5 Å². The summed E-state index contributed by atoms with van der Waals surface area (Å²) in [6.07, 6.45) is 1.17. The van der Waals surface area contributed by atoms with Crippen molar-refractivity contribution in [1.82, 2.24) is 4.90 Å². The molecule has 30 heavy (non-hydrogen) atoms. The summed E-state index contributed by atoms with van der Waals surface area (Å²) in [4.78, 5) is 26.8. The summed E-state index contributed by atoms with van der Waals surface area (Å²) in [6, 6.07) is 15.9. The number of amides is 2.